The quantitative estimate of drug-likeness (QED) is 0.673. The van der Waals surface area contributed by atoms with Crippen LogP contribution in [0.4, 0.5) is 4.79 Å². The summed E-state index contributed by atoms with van der Waals surface area (Å²) in [6, 6.07) is -0.537. The third-order valence-electron chi connectivity index (χ3n) is 3.11. The predicted molar refractivity (Wildman–Crippen MR) is 62.8 cm³/mol. The molecule has 0 atom stereocenters. The van der Waals surface area contributed by atoms with Crippen molar-refractivity contribution in [2.24, 2.45) is 0 Å². The molecule has 0 unspecified atom stereocenters. The second kappa shape index (κ2) is 5.46. The number of nitrogens with zero attached hydrogens (tertiary/aromatic N) is 2. The summed E-state index contributed by atoms with van der Waals surface area (Å²) >= 11 is 0. The van der Waals surface area contributed by atoms with Crippen LogP contribution < -0.4 is 5.32 Å². The summed E-state index contributed by atoms with van der Waals surface area (Å²) in [5, 5.41) is 3.17. The molecule has 17 heavy (non-hydrogen) atoms. The van der Waals surface area contributed by atoms with Crippen LogP contribution in [0.3, 0.4) is 0 Å². The average Bonchev–Trinajstić information content (AvgIpc) is 2.28. The van der Waals surface area contributed by atoms with E-state index < -0.39 is 11.9 Å². The first-order valence-electron chi connectivity index (χ1n) is 5.44. The molecule has 0 aromatic carbocycles. The molecule has 2 fully saturated rings. The number of hydrogen-bond donors (Lipinski definition) is 1. The molecule has 0 aromatic rings. The summed E-state index contributed by atoms with van der Waals surface area (Å²) < 4.78 is 0. The summed E-state index contributed by atoms with van der Waals surface area (Å²) in [5.41, 5.74) is 0. The molecule has 1 N–H and O–H groups in total. The lowest BCUT2D eigenvalue weighted by molar-refractivity contribution is -0.143. The summed E-state index contributed by atoms with van der Waals surface area (Å²) in [4.78, 5) is 37.1. The maximum absolute atomic E-state index is 11.8. The molecular weight excluding hydrogens is 246 g/mol. The van der Waals surface area contributed by atoms with E-state index in [1.165, 1.54) is 11.9 Å². The molecule has 2 aliphatic rings. The highest BCUT2D eigenvalue weighted by Gasteiger charge is 2.39. The Morgan fingerprint density at radius 3 is 2.29 bits per heavy atom. The Kier molecular flexibility index (Phi) is 4.47. The molecule has 0 radical (unpaired) electrons. The number of carbonyl (C=O) groups excluding carboxylic acids is 3. The van der Waals surface area contributed by atoms with Crippen molar-refractivity contribution in [3.05, 3.63) is 0 Å². The van der Waals surface area contributed by atoms with Crippen molar-refractivity contribution < 1.29 is 14.4 Å². The first-order valence-corrected chi connectivity index (χ1v) is 5.44. The highest BCUT2D eigenvalue weighted by molar-refractivity contribution is 6.14. The zero-order chi connectivity index (χ0) is 11.7. The molecule has 4 amide bonds. The molecule has 7 heteroatoms. The number of rotatable bonds is 1. The van der Waals surface area contributed by atoms with Crippen molar-refractivity contribution in [3.8, 4) is 0 Å². The smallest absolute Gasteiger partial charge is 0.317 e. The van der Waals surface area contributed by atoms with Gasteiger partial charge in [-0.3, -0.25) is 19.4 Å². The Bertz CT molecular complexity index is 342. The van der Waals surface area contributed by atoms with Crippen molar-refractivity contribution in [1.29, 1.82) is 0 Å². The van der Waals surface area contributed by atoms with Crippen LogP contribution in [0.5, 0.6) is 0 Å². The molecular formula is C10H16ClN3O3. The van der Waals surface area contributed by atoms with E-state index in [9.17, 15) is 14.4 Å². The minimum Gasteiger partial charge on any atom is -0.317 e. The molecule has 6 nitrogen and oxygen atoms in total. The number of piperidine rings is 1. The lowest BCUT2D eigenvalue weighted by Gasteiger charge is -2.37. The highest BCUT2D eigenvalue weighted by Crippen LogP contribution is 2.19. The SMILES string of the molecule is CN1C(=O)CC(=O)N(C2CCNCC2)C1=O.Cl. The van der Waals surface area contributed by atoms with E-state index in [4.69, 9.17) is 0 Å². The lowest BCUT2D eigenvalue weighted by atomic mass is 10.0. The fourth-order valence-corrected chi connectivity index (χ4v) is 2.13. The zero-order valence-electron chi connectivity index (χ0n) is 9.64. The first-order chi connectivity index (χ1) is 7.61. The topological polar surface area (TPSA) is 69.7 Å². The van der Waals surface area contributed by atoms with Crippen molar-refractivity contribution in [2.75, 3.05) is 20.1 Å². The van der Waals surface area contributed by atoms with E-state index in [2.05, 4.69) is 5.32 Å². The summed E-state index contributed by atoms with van der Waals surface area (Å²) in [6.45, 7) is 1.61. The number of imide groups is 2. The molecule has 0 saturated carbocycles. The van der Waals surface area contributed by atoms with E-state index in [1.54, 1.807) is 0 Å². The minimum absolute atomic E-state index is 0. The standard InChI is InChI=1S/C10H15N3O3.ClH/c1-12-8(14)6-9(15)13(10(12)16)7-2-4-11-5-3-7;/h7,11H,2-6H2,1H3;1H. The van der Waals surface area contributed by atoms with Gasteiger partial charge in [-0.1, -0.05) is 0 Å². The van der Waals surface area contributed by atoms with E-state index in [-0.39, 0.29) is 30.8 Å². The number of barbiturate groups is 1. The van der Waals surface area contributed by atoms with E-state index >= 15 is 0 Å². The number of amides is 4. The number of carbonyl (C=O) groups is 3. The molecule has 2 aliphatic heterocycles. The third-order valence-corrected chi connectivity index (χ3v) is 3.11. The molecule has 0 aliphatic carbocycles. The summed E-state index contributed by atoms with van der Waals surface area (Å²) in [7, 11) is 1.42. The van der Waals surface area contributed by atoms with Gasteiger partial charge in [0, 0.05) is 13.1 Å². The van der Waals surface area contributed by atoms with Gasteiger partial charge in [0.05, 0.1) is 0 Å². The van der Waals surface area contributed by atoms with Gasteiger partial charge >= 0.3 is 6.03 Å². The number of nitrogens with one attached hydrogen (secondary N) is 1. The van der Waals surface area contributed by atoms with Gasteiger partial charge in [-0.05, 0) is 25.9 Å². The van der Waals surface area contributed by atoms with Gasteiger partial charge in [-0.2, -0.15) is 0 Å². The summed E-state index contributed by atoms with van der Waals surface area (Å²) in [5.74, 6) is -0.778. The van der Waals surface area contributed by atoms with Crippen molar-refractivity contribution in [3.63, 3.8) is 0 Å². The lowest BCUT2D eigenvalue weighted by Crippen LogP contribution is -2.58. The van der Waals surface area contributed by atoms with Crippen molar-refractivity contribution in [1.82, 2.24) is 15.1 Å². The van der Waals surface area contributed by atoms with Gasteiger partial charge in [0.1, 0.15) is 6.42 Å². The van der Waals surface area contributed by atoms with E-state index in [0.717, 1.165) is 30.8 Å². The highest BCUT2D eigenvalue weighted by atomic mass is 35.5. The minimum atomic E-state index is -0.479. The molecule has 0 bridgehead atoms. The Morgan fingerprint density at radius 2 is 1.71 bits per heavy atom. The van der Waals surface area contributed by atoms with Crippen molar-refractivity contribution in [2.45, 2.75) is 25.3 Å². The molecule has 2 saturated heterocycles. The van der Waals surface area contributed by atoms with Crippen LogP contribution in [0.1, 0.15) is 19.3 Å². The predicted octanol–water partition coefficient (Wildman–Crippen LogP) is -0.0291. The largest absolute Gasteiger partial charge is 0.333 e. The van der Waals surface area contributed by atoms with Crippen LogP contribution in [-0.2, 0) is 9.59 Å². The third kappa shape index (κ3) is 2.58. The maximum atomic E-state index is 11.8. The molecule has 0 aromatic heterocycles. The Morgan fingerprint density at radius 1 is 1.12 bits per heavy atom. The molecule has 0 spiro atoms. The zero-order valence-corrected chi connectivity index (χ0v) is 10.5. The summed E-state index contributed by atoms with van der Waals surface area (Å²) in [6.07, 6.45) is 1.34. The normalized spacial score (nSPS) is 22.8. The van der Waals surface area contributed by atoms with Gasteiger partial charge in [-0.15, -0.1) is 12.4 Å². The number of hydrogen-bond acceptors (Lipinski definition) is 4. The molecule has 2 rings (SSSR count). The Labute approximate surface area is 106 Å². The van der Waals surface area contributed by atoms with E-state index in [0.29, 0.717) is 0 Å². The van der Waals surface area contributed by atoms with Crippen LogP contribution in [0, 0.1) is 0 Å². The number of halogens is 1. The monoisotopic (exact) mass is 261 g/mol. The Balaban J connectivity index is 0.00000144. The van der Waals surface area contributed by atoms with Crippen LogP contribution in [0.25, 0.3) is 0 Å². The molecule has 2 heterocycles. The molecule has 96 valence electrons. The van der Waals surface area contributed by atoms with Gasteiger partial charge < -0.3 is 5.32 Å². The number of urea groups is 1. The van der Waals surface area contributed by atoms with Gasteiger partial charge in [0.2, 0.25) is 11.8 Å². The van der Waals surface area contributed by atoms with Crippen molar-refractivity contribution >= 4 is 30.3 Å². The van der Waals surface area contributed by atoms with Crippen LogP contribution in [-0.4, -0.2) is 53.8 Å². The van der Waals surface area contributed by atoms with Gasteiger partial charge in [0.15, 0.2) is 0 Å². The van der Waals surface area contributed by atoms with E-state index in [1.807, 2.05) is 0 Å². The Hall–Kier alpha value is -1.14. The maximum Gasteiger partial charge on any atom is 0.333 e. The fraction of sp³-hybridized carbons (Fsp3) is 0.700. The first kappa shape index (κ1) is 13.9. The van der Waals surface area contributed by atoms with Crippen LogP contribution in [0.2, 0.25) is 0 Å². The van der Waals surface area contributed by atoms with Crippen LogP contribution in [0.15, 0.2) is 0 Å². The average molecular weight is 262 g/mol. The second-order valence-corrected chi connectivity index (χ2v) is 4.16. The fourth-order valence-electron chi connectivity index (χ4n) is 2.13. The van der Waals surface area contributed by atoms with Gasteiger partial charge in [0.25, 0.3) is 0 Å². The van der Waals surface area contributed by atoms with Crippen LogP contribution >= 0.6 is 12.4 Å². The van der Waals surface area contributed by atoms with Gasteiger partial charge in [-0.25, -0.2) is 4.79 Å². The second-order valence-electron chi connectivity index (χ2n) is 4.16.